The molecule has 4 rings (SSSR count). The summed E-state index contributed by atoms with van der Waals surface area (Å²) in [5.74, 6) is -0.320. The molecule has 0 atom stereocenters. The highest BCUT2D eigenvalue weighted by molar-refractivity contribution is 5.71. The van der Waals surface area contributed by atoms with Crippen molar-refractivity contribution in [3.63, 3.8) is 0 Å². The molecule has 3 aromatic carbocycles. The Kier molecular flexibility index (Phi) is 3.41. The summed E-state index contributed by atoms with van der Waals surface area (Å²) in [7, 11) is 0. The zero-order valence-electron chi connectivity index (χ0n) is 19.5. The van der Waals surface area contributed by atoms with Crippen LogP contribution in [0, 0.1) is 12.7 Å². The van der Waals surface area contributed by atoms with Gasteiger partial charge in [-0.15, -0.1) is 0 Å². The van der Waals surface area contributed by atoms with Crippen LogP contribution < -0.4 is 0 Å². The summed E-state index contributed by atoms with van der Waals surface area (Å²) in [4.78, 5) is 4.35. The number of rotatable bonds is 4. The van der Waals surface area contributed by atoms with Gasteiger partial charge in [0, 0.05) is 18.6 Å². The van der Waals surface area contributed by atoms with E-state index in [1.165, 1.54) is 24.4 Å². The molecule has 0 unspecified atom stereocenters. The van der Waals surface area contributed by atoms with E-state index in [0.29, 0.717) is 16.8 Å². The van der Waals surface area contributed by atoms with Crippen LogP contribution in [0.1, 0.15) is 23.5 Å². The highest BCUT2D eigenvalue weighted by atomic mass is 19.1. The Bertz CT molecular complexity index is 1240. The number of nitrogens with zero attached hydrogens (tertiary/aromatic N) is 1. The van der Waals surface area contributed by atoms with Gasteiger partial charge in [0.15, 0.2) is 0 Å². The van der Waals surface area contributed by atoms with Crippen molar-refractivity contribution in [2.75, 3.05) is 0 Å². The normalized spacial score (nSPS) is 14.5. The van der Waals surface area contributed by atoms with Crippen molar-refractivity contribution >= 4 is 0 Å². The van der Waals surface area contributed by atoms with Gasteiger partial charge in [0.25, 0.3) is 0 Å². The van der Waals surface area contributed by atoms with Gasteiger partial charge in [-0.05, 0) is 65.3 Å². The van der Waals surface area contributed by atoms with Gasteiger partial charge in [-0.25, -0.2) is 4.39 Å². The largest absolute Gasteiger partial charge is 0.256 e. The van der Waals surface area contributed by atoms with Gasteiger partial charge in [-0.1, -0.05) is 60.7 Å². The minimum Gasteiger partial charge on any atom is -0.256 e. The molecule has 0 saturated carbocycles. The second kappa shape index (κ2) is 7.55. The predicted molar refractivity (Wildman–Crippen MR) is 109 cm³/mol. The zero-order valence-corrected chi connectivity index (χ0v) is 14.5. The fourth-order valence-electron chi connectivity index (χ4n) is 2.89. The standard InChI is InChI=1S/C25H20FN/c1-18-17-27-25(16-23(18)14-19-6-3-2-4-7-19)22-9-5-8-21(15-22)20-10-12-24(26)13-11-20/h2-13,15-17H,14H2,1H3/i1D3,14D2. The van der Waals surface area contributed by atoms with E-state index in [1.807, 2.05) is 24.3 Å². The molecule has 132 valence electrons. The molecule has 0 radical (unpaired) electrons. The van der Waals surface area contributed by atoms with E-state index in [9.17, 15) is 4.39 Å². The first-order valence-corrected chi connectivity index (χ1v) is 8.59. The van der Waals surface area contributed by atoms with Crippen molar-refractivity contribution in [1.29, 1.82) is 0 Å². The third-order valence-corrected chi connectivity index (χ3v) is 4.29. The molecule has 0 amide bonds. The fourth-order valence-corrected chi connectivity index (χ4v) is 2.89. The molecule has 0 aliphatic carbocycles. The number of halogens is 1. The van der Waals surface area contributed by atoms with E-state index in [1.54, 1.807) is 42.5 Å². The lowest BCUT2D eigenvalue weighted by molar-refractivity contribution is 0.628. The summed E-state index contributed by atoms with van der Waals surface area (Å²) >= 11 is 0. The first-order valence-electron chi connectivity index (χ1n) is 11.1. The molecule has 2 heteroatoms. The minimum absolute atomic E-state index is 0.0564. The van der Waals surface area contributed by atoms with Crippen LogP contribution in [0.4, 0.5) is 4.39 Å². The van der Waals surface area contributed by atoms with Crippen molar-refractivity contribution in [2.24, 2.45) is 0 Å². The first-order chi connectivity index (χ1) is 15.2. The van der Waals surface area contributed by atoms with Crippen LogP contribution in [-0.2, 0) is 6.37 Å². The Hall–Kier alpha value is -3.26. The average Bonchev–Trinajstić information content (AvgIpc) is 2.79. The van der Waals surface area contributed by atoms with Crippen LogP contribution >= 0.6 is 0 Å². The number of aromatic nitrogens is 1. The fraction of sp³-hybridized carbons (Fsp3) is 0.0800. The number of benzene rings is 3. The van der Waals surface area contributed by atoms with Gasteiger partial charge in [0.1, 0.15) is 5.82 Å². The molecule has 4 aromatic rings. The van der Waals surface area contributed by atoms with Gasteiger partial charge in [-0.3, -0.25) is 4.98 Å². The maximum Gasteiger partial charge on any atom is 0.123 e. The number of pyridine rings is 1. The molecule has 0 bridgehead atoms. The molecule has 0 N–H and O–H groups in total. The Morgan fingerprint density at radius 3 is 2.41 bits per heavy atom. The van der Waals surface area contributed by atoms with Crippen LogP contribution in [0.15, 0.2) is 91.1 Å². The van der Waals surface area contributed by atoms with Crippen molar-refractivity contribution < 1.29 is 11.2 Å². The Morgan fingerprint density at radius 1 is 0.852 bits per heavy atom. The molecule has 0 aliphatic heterocycles. The summed E-state index contributed by atoms with van der Waals surface area (Å²) in [6.45, 7) is -2.51. The molecule has 0 spiro atoms. The summed E-state index contributed by atoms with van der Waals surface area (Å²) in [5, 5.41) is 0. The molecule has 0 fully saturated rings. The second-order valence-corrected chi connectivity index (χ2v) is 6.19. The van der Waals surface area contributed by atoms with Gasteiger partial charge < -0.3 is 0 Å². The summed E-state index contributed by atoms with van der Waals surface area (Å²) in [6, 6.07) is 23.6. The van der Waals surface area contributed by atoms with Crippen molar-refractivity contribution in [3.8, 4) is 22.4 Å². The van der Waals surface area contributed by atoms with E-state index in [2.05, 4.69) is 4.98 Å². The maximum atomic E-state index is 13.3. The van der Waals surface area contributed by atoms with Gasteiger partial charge >= 0.3 is 0 Å². The predicted octanol–water partition coefficient (Wildman–Crippen LogP) is 6.45. The third-order valence-electron chi connectivity index (χ3n) is 4.29. The van der Waals surface area contributed by atoms with Crippen molar-refractivity contribution in [1.82, 2.24) is 4.98 Å². The number of aryl methyl sites for hydroxylation is 1. The van der Waals surface area contributed by atoms with Crippen molar-refractivity contribution in [2.45, 2.75) is 13.2 Å². The molecular formula is C25H20FN. The lowest BCUT2D eigenvalue weighted by atomic mass is 9.98. The minimum atomic E-state index is -2.51. The van der Waals surface area contributed by atoms with Crippen LogP contribution in [0.3, 0.4) is 0 Å². The third kappa shape index (κ3) is 3.95. The van der Waals surface area contributed by atoms with E-state index >= 15 is 0 Å². The van der Waals surface area contributed by atoms with E-state index in [-0.39, 0.29) is 16.9 Å². The zero-order chi connectivity index (χ0) is 22.9. The smallest absolute Gasteiger partial charge is 0.123 e. The Morgan fingerprint density at radius 2 is 1.63 bits per heavy atom. The maximum absolute atomic E-state index is 13.3. The second-order valence-electron chi connectivity index (χ2n) is 6.19. The van der Waals surface area contributed by atoms with Gasteiger partial charge in [-0.2, -0.15) is 0 Å². The molecule has 27 heavy (non-hydrogen) atoms. The average molecular weight is 358 g/mol. The lowest BCUT2D eigenvalue weighted by Crippen LogP contribution is -1.95. The summed E-state index contributed by atoms with van der Waals surface area (Å²) < 4.78 is 54.4. The molecule has 1 heterocycles. The van der Waals surface area contributed by atoms with Crippen molar-refractivity contribution in [3.05, 3.63) is 114 Å². The quantitative estimate of drug-likeness (QED) is 0.408. The van der Waals surface area contributed by atoms with E-state index in [0.717, 1.165) is 11.1 Å². The SMILES string of the molecule is [2H]C([2H])([2H])c1cnc(-c2cccc(-c3ccc(F)cc3)c2)cc1C([2H])([2H])c1ccccc1. The molecule has 1 nitrogen and oxygen atoms in total. The van der Waals surface area contributed by atoms with Crippen LogP contribution in [-0.4, -0.2) is 4.98 Å². The molecule has 0 aliphatic rings. The highest BCUT2D eigenvalue weighted by Gasteiger charge is 2.07. The summed E-state index contributed by atoms with van der Waals surface area (Å²) in [5.41, 5.74) is 3.13. The molecular weight excluding hydrogens is 333 g/mol. The van der Waals surface area contributed by atoms with Crippen LogP contribution in [0.25, 0.3) is 22.4 Å². The van der Waals surface area contributed by atoms with Gasteiger partial charge in [0.2, 0.25) is 0 Å². The molecule has 0 saturated heterocycles. The highest BCUT2D eigenvalue weighted by Crippen LogP contribution is 2.27. The Balaban J connectivity index is 1.84. The van der Waals surface area contributed by atoms with Crippen LogP contribution in [0.2, 0.25) is 0 Å². The van der Waals surface area contributed by atoms with Crippen LogP contribution in [0.5, 0.6) is 0 Å². The first kappa shape index (κ1) is 12.2. The Labute approximate surface area is 166 Å². The topological polar surface area (TPSA) is 12.9 Å². The van der Waals surface area contributed by atoms with Gasteiger partial charge in [0.05, 0.1) is 5.69 Å². The van der Waals surface area contributed by atoms with E-state index < -0.39 is 13.2 Å². The lowest BCUT2D eigenvalue weighted by Gasteiger charge is -2.10. The summed E-state index contributed by atoms with van der Waals surface area (Å²) in [6.07, 6.45) is -0.791. The number of hydrogen-bond donors (Lipinski definition) is 0. The number of hydrogen-bond acceptors (Lipinski definition) is 1. The van der Waals surface area contributed by atoms with E-state index in [4.69, 9.17) is 6.85 Å². The molecule has 1 aromatic heterocycles. The monoisotopic (exact) mass is 358 g/mol.